The fourth-order valence-electron chi connectivity index (χ4n) is 4.32. The third-order valence-corrected chi connectivity index (χ3v) is 8.17. The molecule has 1 N–H and O–H groups in total. The molecule has 3 aromatic carbocycles. The zero-order valence-electron chi connectivity index (χ0n) is 19.3. The van der Waals surface area contributed by atoms with Crippen LogP contribution in [0.3, 0.4) is 0 Å². The van der Waals surface area contributed by atoms with E-state index >= 15 is 0 Å². The first-order valence-corrected chi connectivity index (χ1v) is 12.8. The average Bonchev–Trinajstić information content (AvgIpc) is 2.83. The molecule has 0 bridgehead atoms. The van der Waals surface area contributed by atoms with Gasteiger partial charge in [0, 0.05) is 7.05 Å². The minimum atomic E-state index is -3.80. The number of aryl methyl sites for hydroxylation is 3. The van der Waals surface area contributed by atoms with Gasteiger partial charge in [-0.1, -0.05) is 48.0 Å². The van der Waals surface area contributed by atoms with E-state index < -0.39 is 10.0 Å². The number of fused-ring (bicyclic) bond motifs is 1. The van der Waals surface area contributed by atoms with E-state index in [1.54, 1.807) is 48.5 Å². The van der Waals surface area contributed by atoms with Crippen LogP contribution in [0, 0.1) is 6.92 Å². The van der Waals surface area contributed by atoms with Crippen molar-refractivity contribution in [1.82, 2.24) is 5.32 Å². The molecule has 0 fully saturated rings. The number of nitrogens with one attached hydrogen (secondary N) is 1. The first-order chi connectivity index (χ1) is 15.8. The lowest BCUT2D eigenvalue weighted by molar-refractivity contribution is 0.0940. The minimum absolute atomic E-state index is 0.188. The van der Waals surface area contributed by atoms with Gasteiger partial charge in [0.25, 0.3) is 15.9 Å². The van der Waals surface area contributed by atoms with Crippen molar-refractivity contribution >= 4 is 21.6 Å². The van der Waals surface area contributed by atoms with E-state index in [1.165, 1.54) is 35.3 Å². The number of carbonyl (C=O) groups is 1. The van der Waals surface area contributed by atoms with E-state index in [2.05, 4.69) is 23.5 Å². The molecule has 172 valence electrons. The molecule has 0 spiro atoms. The van der Waals surface area contributed by atoms with E-state index in [-0.39, 0.29) is 16.8 Å². The van der Waals surface area contributed by atoms with Gasteiger partial charge in [0.1, 0.15) is 0 Å². The molecule has 3 aromatic rings. The van der Waals surface area contributed by atoms with Gasteiger partial charge in [0.15, 0.2) is 0 Å². The number of nitrogens with zero attached hydrogens (tertiary/aromatic N) is 1. The van der Waals surface area contributed by atoms with Gasteiger partial charge in [0.05, 0.1) is 22.2 Å². The van der Waals surface area contributed by atoms with Crippen molar-refractivity contribution in [3.05, 3.63) is 94.5 Å². The third-order valence-electron chi connectivity index (χ3n) is 6.39. The van der Waals surface area contributed by atoms with Crippen LogP contribution >= 0.6 is 0 Å². The fourth-order valence-corrected chi connectivity index (χ4v) is 5.53. The van der Waals surface area contributed by atoms with Gasteiger partial charge in [0.2, 0.25) is 0 Å². The van der Waals surface area contributed by atoms with Crippen LogP contribution in [0.2, 0.25) is 0 Å². The molecule has 1 atom stereocenters. The summed E-state index contributed by atoms with van der Waals surface area (Å²) >= 11 is 0. The van der Waals surface area contributed by atoms with Crippen molar-refractivity contribution in [3.8, 4) is 0 Å². The first-order valence-electron chi connectivity index (χ1n) is 11.3. The zero-order valence-corrected chi connectivity index (χ0v) is 20.2. The molecule has 1 aliphatic rings. The number of sulfonamides is 1. The summed E-state index contributed by atoms with van der Waals surface area (Å²) in [6.45, 7) is 3.86. The van der Waals surface area contributed by atoms with Crippen molar-refractivity contribution in [2.24, 2.45) is 0 Å². The maximum Gasteiger partial charge on any atom is 0.264 e. The Balaban J connectivity index is 1.58. The van der Waals surface area contributed by atoms with E-state index in [0.717, 1.165) is 24.0 Å². The van der Waals surface area contributed by atoms with Gasteiger partial charge in [-0.15, -0.1) is 0 Å². The summed E-state index contributed by atoms with van der Waals surface area (Å²) in [5, 5.41) is 3.05. The molecule has 0 unspecified atom stereocenters. The van der Waals surface area contributed by atoms with Gasteiger partial charge in [-0.3, -0.25) is 9.10 Å². The average molecular weight is 463 g/mol. The van der Waals surface area contributed by atoms with Crippen molar-refractivity contribution in [2.45, 2.75) is 50.5 Å². The van der Waals surface area contributed by atoms with Crippen molar-refractivity contribution in [2.75, 3.05) is 11.4 Å². The smallest absolute Gasteiger partial charge is 0.264 e. The molecule has 0 heterocycles. The number of anilines is 1. The monoisotopic (exact) mass is 462 g/mol. The quantitative estimate of drug-likeness (QED) is 0.548. The second-order valence-corrected chi connectivity index (χ2v) is 10.7. The molecular weight excluding hydrogens is 432 g/mol. The van der Waals surface area contributed by atoms with Crippen molar-refractivity contribution in [1.29, 1.82) is 0 Å². The highest BCUT2D eigenvalue weighted by atomic mass is 32.2. The Morgan fingerprint density at radius 2 is 1.61 bits per heavy atom. The number of para-hydroxylation sites is 1. The minimum Gasteiger partial charge on any atom is -0.345 e. The molecule has 1 aliphatic carbocycles. The number of amides is 1. The van der Waals surface area contributed by atoms with Gasteiger partial charge < -0.3 is 5.32 Å². The molecule has 4 rings (SSSR count). The zero-order chi connectivity index (χ0) is 23.6. The molecule has 33 heavy (non-hydrogen) atoms. The summed E-state index contributed by atoms with van der Waals surface area (Å²) in [5.74, 6) is -0.304. The summed E-state index contributed by atoms with van der Waals surface area (Å²) in [7, 11) is -2.32. The Hall–Kier alpha value is -3.12. The number of hydrogen-bond donors (Lipinski definition) is 1. The van der Waals surface area contributed by atoms with Gasteiger partial charge in [-0.05, 0) is 80.5 Å². The topological polar surface area (TPSA) is 66.5 Å². The molecule has 0 radical (unpaired) electrons. The molecule has 0 aromatic heterocycles. The Morgan fingerprint density at radius 3 is 2.33 bits per heavy atom. The lowest BCUT2D eigenvalue weighted by Crippen LogP contribution is -2.32. The number of hydrogen-bond acceptors (Lipinski definition) is 3. The first kappa shape index (κ1) is 23.1. The van der Waals surface area contributed by atoms with Crippen molar-refractivity contribution < 1.29 is 13.2 Å². The largest absolute Gasteiger partial charge is 0.345 e. The number of benzene rings is 3. The highest BCUT2D eigenvalue weighted by Crippen LogP contribution is 2.28. The summed E-state index contributed by atoms with van der Waals surface area (Å²) in [6.07, 6.45) is 4.63. The predicted molar refractivity (Wildman–Crippen MR) is 132 cm³/mol. The molecular formula is C27H30N2O3S. The Kier molecular flexibility index (Phi) is 6.56. The summed E-state index contributed by atoms with van der Waals surface area (Å²) < 4.78 is 27.6. The second-order valence-electron chi connectivity index (χ2n) is 8.73. The normalized spacial score (nSPS) is 14.3. The van der Waals surface area contributed by atoms with Crippen LogP contribution in [-0.2, 0) is 22.9 Å². The second kappa shape index (κ2) is 9.40. The molecule has 0 aliphatic heterocycles. The maximum absolute atomic E-state index is 13.2. The van der Waals surface area contributed by atoms with Gasteiger partial charge >= 0.3 is 0 Å². The van der Waals surface area contributed by atoms with E-state index in [1.807, 2.05) is 13.8 Å². The molecule has 6 heteroatoms. The van der Waals surface area contributed by atoms with Crippen LogP contribution in [-0.4, -0.2) is 21.4 Å². The summed E-state index contributed by atoms with van der Waals surface area (Å²) in [4.78, 5) is 13.4. The lowest BCUT2D eigenvalue weighted by Gasteiger charge is -2.23. The summed E-state index contributed by atoms with van der Waals surface area (Å²) in [5.41, 5.74) is 5.46. The molecule has 5 nitrogen and oxygen atoms in total. The van der Waals surface area contributed by atoms with Crippen LogP contribution in [0.15, 0.2) is 71.6 Å². The fraction of sp³-hybridized carbons (Fsp3) is 0.296. The van der Waals surface area contributed by atoms with Crippen LogP contribution in [0.4, 0.5) is 5.69 Å². The van der Waals surface area contributed by atoms with E-state index in [0.29, 0.717) is 11.3 Å². The summed E-state index contributed by atoms with van der Waals surface area (Å²) in [6, 6.07) is 19.7. The van der Waals surface area contributed by atoms with Crippen LogP contribution in [0.25, 0.3) is 0 Å². The lowest BCUT2D eigenvalue weighted by atomic mass is 9.89. The Bertz CT molecular complexity index is 1270. The molecule has 0 saturated carbocycles. The standard InChI is InChI=1S/C27H30N2O3S/c1-19-12-16-24(17-13-19)33(31,32)29(3)26-11-7-6-10-25(26)27(30)28-20(2)22-15-14-21-8-4-5-9-23(21)18-22/h6-7,10-18,20H,4-5,8-9H2,1-3H3,(H,28,30)/t20-/m0/s1. The van der Waals surface area contributed by atoms with Gasteiger partial charge in [-0.25, -0.2) is 8.42 Å². The number of rotatable bonds is 6. The van der Waals surface area contributed by atoms with E-state index in [9.17, 15) is 13.2 Å². The Morgan fingerprint density at radius 1 is 0.939 bits per heavy atom. The molecule has 0 saturated heterocycles. The maximum atomic E-state index is 13.2. The Labute approximate surface area is 196 Å². The SMILES string of the molecule is Cc1ccc(S(=O)(=O)N(C)c2ccccc2C(=O)N[C@@H](C)c2ccc3c(c2)CCCC3)cc1. The van der Waals surface area contributed by atoms with Crippen LogP contribution in [0.1, 0.15) is 58.4 Å². The molecule has 1 amide bonds. The van der Waals surface area contributed by atoms with Crippen LogP contribution < -0.4 is 9.62 Å². The predicted octanol–water partition coefficient (Wildman–Crippen LogP) is 5.19. The van der Waals surface area contributed by atoms with Crippen molar-refractivity contribution in [3.63, 3.8) is 0 Å². The van der Waals surface area contributed by atoms with Crippen LogP contribution in [0.5, 0.6) is 0 Å². The third kappa shape index (κ3) is 4.81. The number of carbonyl (C=O) groups excluding carboxylic acids is 1. The van der Waals surface area contributed by atoms with E-state index in [4.69, 9.17) is 0 Å². The highest BCUT2D eigenvalue weighted by Gasteiger charge is 2.25. The van der Waals surface area contributed by atoms with Gasteiger partial charge in [-0.2, -0.15) is 0 Å². The highest BCUT2D eigenvalue weighted by molar-refractivity contribution is 7.92.